The van der Waals surface area contributed by atoms with Gasteiger partial charge in [0, 0.05) is 50.7 Å². The Kier molecular flexibility index (Phi) is 6.58. The molecule has 4 rings (SSSR count). The number of nitrogens with zero attached hydrogens (tertiary/aromatic N) is 1. The van der Waals surface area contributed by atoms with Gasteiger partial charge in [0.15, 0.2) is 0 Å². The predicted molar refractivity (Wildman–Crippen MR) is 114 cm³/mol. The Hall–Kier alpha value is -3.05. The Morgan fingerprint density at radius 1 is 1.09 bits per heavy atom. The molecule has 1 saturated carbocycles. The first-order valence-electron chi connectivity index (χ1n) is 11.1. The van der Waals surface area contributed by atoms with Crippen molar-refractivity contribution in [1.29, 1.82) is 0 Å². The van der Waals surface area contributed by atoms with Crippen molar-refractivity contribution in [3.8, 4) is 5.75 Å². The van der Waals surface area contributed by atoms with E-state index in [-0.39, 0.29) is 74.3 Å². The molecule has 1 aromatic heterocycles. The first kappa shape index (κ1) is 25.1. The van der Waals surface area contributed by atoms with Crippen LogP contribution in [0.3, 0.4) is 0 Å². The monoisotopic (exact) mass is 496 g/mol. The molecule has 0 unspecified atom stereocenters. The molecule has 2 fully saturated rings. The molecule has 2 aliphatic rings. The molecule has 0 atom stereocenters. The molecule has 1 aliphatic carbocycles. The van der Waals surface area contributed by atoms with E-state index in [1.807, 2.05) is 5.32 Å². The van der Waals surface area contributed by atoms with Crippen LogP contribution in [0.15, 0.2) is 30.5 Å². The van der Waals surface area contributed by atoms with Crippen molar-refractivity contribution >= 4 is 11.7 Å². The molecule has 1 aromatic carbocycles. The highest BCUT2D eigenvalue weighted by atomic mass is 19.4. The molecule has 11 heteroatoms. The summed E-state index contributed by atoms with van der Waals surface area (Å²) in [6.07, 6.45) is -3.98. The molecule has 35 heavy (non-hydrogen) atoms. The lowest BCUT2D eigenvalue weighted by Crippen LogP contribution is -2.48. The zero-order valence-electron chi connectivity index (χ0n) is 18.6. The van der Waals surface area contributed by atoms with E-state index in [2.05, 4.69) is 4.98 Å². The number of ether oxygens (including phenoxy) is 1. The lowest BCUT2D eigenvalue weighted by molar-refractivity contribution is -0.163. The summed E-state index contributed by atoms with van der Waals surface area (Å²) in [7, 11) is 0. The Bertz CT molecular complexity index is 1140. The molecular weight excluding hydrogens is 472 g/mol. The summed E-state index contributed by atoms with van der Waals surface area (Å²) in [4.78, 5) is 28.6. The van der Waals surface area contributed by atoms with Gasteiger partial charge in [-0.25, -0.2) is 4.39 Å². The summed E-state index contributed by atoms with van der Waals surface area (Å²) in [6, 6.07) is 4.78. The summed E-state index contributed by atoms with van der Waals surface area (Å²) in [6.45, 7) is 0.530. The van der Waals surface area contributed by atoms with Crippen molar-refractivity contribution < 1.29 is 42.1 Å². The smallest absolute Gasteiger partial charge is 0.411 e. The number of nitrogens with one attached hydrogen (secondary N) is 1. The lowest BCUT2D eigenvalue weighted by Gasteiger charge is -2.33. The van der Waals surface area contributed by atoms with Crippen molar-refractivity contribution in [2.75, 3.05) is 13.2 Å². The minimum Gasteiger partial charge on any atom is -0.508 e. The number of carbonyl (C=O) groups excluding carboxylic acids is 2. The van der Waals surface area contributed by atoms with Crippen LogP contribution in [0.25, 0.3) is 0 Å². The fraction of sp³-hybridized carbons (Fsp3) is 0.458. The van der Waals surface area contributed by atoms with E-state index >= 15 is 0 Å². The number of amides is 1. The number of alkyl halides is 3. The minimum absolute atomic E-state index is 0.0339. The van der Waals surface area contributed by atoms with Crippen LogP contribution in [-0.2, 0) is 28.0 Å². The molecular formula is C24H24F4N2O5. The maximum Gasteiger partial charge on any atom is 0.411 e. The molecule has 188 valence electrons. The summed E-state index contributed by atoms with van der Waals surface area (Å²) >= 11 is 0. The number of halogens is 4. The lowest BCUT2D eigenvalue weighted by atomic mass is 9.85. The van der Waals surface area contributed by atoms with E-state index in [0.717, 1.165) is 12.1 Å². The van der Waals surface area contributed by atoms with Crippen molar-refractivity contribution in [3.05, 3.63) is 58.7 Å². The van der Waals surface area contributed by atoms with Crippen LogP contribution in [0, 0.1) is 5.82 Å². The number of hydrogen-bond acceptors (Lipinski definition) is 6. The Morgan fingerprint density at radius 3 is 2.40 bits per heavy atom. The van der Waals surface area contributed by atoms with Crippen LogP contribution in [0.1, 0.15) is 52.9 Å². The van der Waals surface area contributed by atoms with Gasteiger partial charge in [0.25, 0.3) is 5.91 Å². The number of phenolic OH excluding ortho intramolecular Hbond substituents is 1. The van der Waals surface area contributed by atoms with E-state index in [9.17, 15) is 37.4 Å². The van der Waals surface area contributed by atoms with Crippen LogP contribution in [0.4, 0.5) is 17.6 Å². The molecule has 7 nitrogen and oxygen atoms in total. The van der Waals surface area contributed by atoms with Gasteiger partial charge in [-0.2, -0.15) is 13.2 Å². The second kappa shape index (κ2) is 9.19. The zero-order chi connectivity index (χ0) is 25.4. The number of aromatic nitrogens is 1. The first-order chi connectivity index (χ1) is 16.4. The molecule has 1 aliphatic heterocycles. The maximum atomic E-state index is 14.7. The van der Waals surface area contributed by atoms with Crippen molar-refractivity contribution in [3.63, 3.8) is 0 Å². The van der Waals surface area contributed by atoms with Gasteiger partial charge in [-0.15, -0.1) is 0 Å². The van der Waals surface area contributed by atoms with Crippen LogP contribution >= 0.6 is 0 Å². The SMILES string of the molecule is O=C(Cc1ccnc(C(=O)NC2(C(F)(F)F)CC2)c1)Cc1cc(O)c(C2(O)CCOCC2)cc1F. The highest BCUT2D eigenvalue weighted by Gasteiger charge is 2.64. The topological polar surface area (TPSA) is 109 Å². The third-order valence-electron chi connectivity index (χ3n) is 6.48. The summed E-state index contributed by atoms with van der Waals surface area (Å²) in [5.74, 6) is -2.54. The fourth-order valence-corrected chi connectivity index (χ4v) is 4.19. The second-order valence-electron chi connectivity index (χ2n) is 9.08. The third kappa shape index (κ3) is 5.30. The molecule has 0 bridgehead atoms. The Morgan fingerprint density at radius 2 is 1.77 bits per heavy atom. The number of benzene rings is 1. The third-order valence-corrected chi connectivity index (χ3v) is 6.48. The number of rotatable bonds is 7. The number of hydrogen-bond donors (Lipinski definition) is 3. The summed E-state index contributed by atoms with van der Waals surface area (Å²) in [5, 5.41) is 23.1. The fourth-order valence-electron chi connectivity index (χ4n) is 4.19. The largest absolute Gasteiger partial charge is 0.508 e. The molecule has 2 heterocycles. The van der Waals surface area contributed by atoms with Gasteiger partial charge < -0.3 is 20.3 Å². The van der Waals surface area contributed by atoms with Gasteiger partial charge in [0.05, 0.1) is 5.60 Å². The Balaban J connectivity index is 1.43. The van der Waals surface area contributed by atoms with E-state index in [1.54, 1.807) is 0 Å². The normalized spacial score (nSPS) is 18.7. The van der Waals surface area contributed by atoms with E-state index < -0.39 is 34.8 Å². The van der Waals surface area contributed by atoms with Crippen molar-refractivity contribution in [2.24, 2.45) is 0 Å². The maximum absolute atomic E-state index is 14.7. The first-order valence-corrected chi connectivity index (χ1v) is 11.1. The van der Waals surface area contributed by atoms with E-state index in [0.29, 0.717) is 5.56 Å². The number of aromatic hydroxyl groups is 1. The van der Waals surface area contributed by atoms with Gasteiger partial charge in [0.2, 0.25) is 0 Å². The number of aliphatic hydroxyl groups is 1. The number of ketones is 1. The van der Waals surface area contributed by atoms with Crippen molar-refractivity contribution in [1.82, 2.24) is 10.3 Å². The number of Topliss-reactive ketones (excluding diaryl/α,β-unsaturated/α-hetero) is 1. The Labute approximate surface area is 198 Å². The molecule has 2 aromatic rings. The van der Waals surface area contributed by atoms with Gasteiger partial charge >= 0.3 is 6.18 Å². The van der Waals surface area contributed by atoms with Crippen LogP contribution < -0.4 is 5.32 Å². The van der Waals surface area contributed by atoms with E-state index in [1.165, 1.54) is 18.3 Å². The summed E-state index contributed by atoms with van der Waals surface area (Å²) in [5.41, 5.74) is -3.63. The number of carbonyl (C=O) groups is 2. The average Bonchev–Trinajstić information content (AvgIpc) is 3.57. The van der Waals surface area contributed by atoms with Gasteiger partial charge in [0.1, 0.15) is 28.6 Å². The predicted octanol–water partition coefficient (Wildman–Crippen LogP) is 3.10. The highest BCUT2D eigenvalue weighted by molar-refractivity contribution is 5.93. The van der Waals surface area contributed by atoms with Crippen LogP contribution in [0.5, 0.6) is 5.75 Å². The van der Waals surface area contributed by atoms with Crippen LogP contribution in [0.2, 0.25) is 0 Å². The average molecular weight is 496 g/mol. The molecule has 0 spiro atoms. The molecule has 3 N–H and O–H groups in total. The highest BCUT2D eigenvalue weighted by Crippen LogP contribution is 2.49. The standard InChI is InChI=1S/C24H24F4N2O5/c25-18-13-17(22(34)4-7-35-8-5-22)20(32)12-15(18)11-16(31)9-14-1-6-29-19(10-14)21(33)30-23(2-3-23)24(26,27)28/h1,6,10,12-13,32,34H,2-5,7-9,11H2,(H,30,33). The zero-order valence-corrected chi connectivity index (χ0v) is 18.6. The molecule has 0 radical (unpaired) electrons. The van der Waals surface area contributed by atoms with Crippen molar-refractivity contribution in [2.45, 2.75) is 55.8 Å². The molecule has 1 amide bonds. The van der Waals surface area contributed by atoms with E-state index in [4.69, 9.17) is 4.74 Å². The van der Waals surface area contributed by atoms with Crippen LogP contribution in [-0.4, -0.2) is 51.8 Å². The van der Waals surface area contributed by atoms with Gasteiger partial charge in [-0.1, -0.05) is 0 Å². The number of pyridine rings is 1. The summed E-state index contributed by atoms with van der Waals surface area (Å²) < 4.78 is 59.2. The minimum atomic E-state index is -4.57. The molecule has 1 saturated heterocycles. The number of phenols is 1. The second-order valence-corrected chi connectivity index (χ2v) is 9.08. The van der Waals surface area contributed by atoms with Gasteiger partial charge in [-0.3, -0.25) is 14.6 Å². The van der Waals surface area contributed by atoms with Gasteiger partial charge in [-0.05, 0) is 48.2 Å². The quantitative estimate of drug-likeness (QED) is 0.509.